The summed E-state index contributed by atoms with van der Waals surface area (Å²) in [6, 6.07) is 7.63. The zero-order valence-electron chi connectivity index (χ0n) is 10.0. The summed E-state index contributed by atoms with van der Waals surface area (Å²) in [6.45, 7) is 2.95. The molecule has 94 valence electrons. The van der Waals surface area contributed by atoms with Gasteiger partial charge in [0.2, 0.25) is 0 Å². The maximum Gasteiger partial charge on any atom is 0.182 e. The summed E-state index contributed by atoms with van der Waals surface area (Å²) < 4.78 is 5.59. The average Bonchev–Trinajstić information content (AvgIpc) is 2.33. The summed E-state index contributed by atoms with van der Waals surface area (Å²) in [5, 5.41) is 0.213. The van der Waals surface area contributed by atoms with Crippen LogP contribution in [0.25, 0.3) is 0 Å². The van der Waals surface area contributed by atoms with Crippen LogP contribution in [0.3, 0.4) is 0 Å². The van der Waals surface area contributed by atoms with E-state index in [1.165, 1.54) is 12.8 Å². The number of nitrogens with one attached hydrogen (secondary N) is 2. The monoisotopic (exact) mass is 253 g/mol. The summed E-state index contributed by atoms with van der Waals surface area (Å²) in [5.41, 5.74) is 11.7. The number of hydrazine groups is 1. The number of thiocarbonyl (C=S) groups is 1. The van der Waals surface area contributed by atoms with Crippen molar-refractivity contribution in [3.8, 4) is 5.75 Å². The lowest BCUT2D eigenvalue weighted by Gasteiger charge is -2.09. The van der Waals surface area contributed by atoms with E-state index < -0.39 is 0 Å². The van der Waals surface area contributed by atoms with Crippen LogP contribution in [-0.2, 0) is 0 Å². The van der Waals surface area contributed by atoms with Gasteiger partial charge in [0.15, 0.2) is 5.11 Å². The number of hydrogen-bond acceptors (Lipinski definition) is 3. The fourth-order valence-corrected chi connectivity index (χ4v) is 1.36. The van der Waals surface area contributed by atoms with Crippen LogP contribution in [0, 0.1) is 0 Å². The standard InChI is InChI=1S/C12H19N3OS/c1-2-3-4-9-16-11-7-5-10(6-8-11)14-15-12(13)17/h5-8,14H,2-4,9H2,1H3,(H3,13,15,17). The second-order valence-corrected chi connectivity index (χ2v) is 4.13. The van der Waals surface area contributed by atoms with Gasteiger partial charge in [0.1, 0.15) is 5.75 Å². The number of benzene rings is 1. The molecular weight excluding hydrogens is 234 g/mol. The number of hydrogen-bond donors (Lipinski definition) is 3. The van der Waals surface area contributed by atoms with Gasteiger partial charge in [-0.2, -0.15) is 0 Å². The Morgan fingerprint density at radius 3 is 2.59 bits per heavy atom. The normalized spacial score (nSPS) is 9.71. The minimum absolute atomic E-state index is 0.213. The molecule has 0 aliphatic rings. The molecule has 4 nitrogen and oxygen atoms in total. The van der Waals surface area contributed by atoms with Gasteiger partial charge < -0.3 is 10.5 Å². The predicted molar refractivity (Wildman–Crippen MR) is 75.0 cm³/mol. The quantitative estimate of drug-likeness (QED) is 0.396. The highest BCUT2D eigenvalue weighted by Gasteiger charge is 1.95. The molecule has 0 saturated carbocycles. The molecule has 0 bridgehead atoms. The van der Waals surface area contributed by atoms with Crippen molar-refractivity contribution >= 4 is 23.0 Å². The van der Waals surface area contributed by atoms with Crippen molar-refractivity contribution in [1.29, 1.82) is 0 Å². The molecule has 1 rings (SSSR count). The summed E-state index contributed by atoms with van der Waals surface area (Å²) in [6.07, 6.45) is 3.51. The summed E-state index contributed by atoms with van der Waals surface area (Å²) in [4.78, 5) is 0. The molecule has 4 N–H and O–H groups in total. The molecule has 17 heavy (non-hydrogen) atoms. The molecule has 0 fully saturated rings. The van der Waals surface area contributed by atoms with Gasteiger partial charge in [-0.15, -0.1) is 0 Å². The lowest BCUT2D eigenvalue weighted by Crippen LogP contribution is -2.33. The Hall–Kier alpha value is -1.49. The lowest BCUT2D eigenvalue weighted by molar-refractivity contribution is 0.306. The van der Waals surface area contributed by atoms with E-state index in [2.05, 4.69) is 30.0 Å². The third-order valence-electron chi connectivity index (χ3n) is 2.20. The van der Waals surface area contributed by atoms with Gasteiger partial charge in [-0.3, -0.25) is 10.9 Å². The fourth-order valence-electron chi connectivity index (χ4n) is 1.31. The minimum atomic E-state index is 0.213. The Bertz CT molecular complexity index is 340. The highest BCUT2D eigenvalue weighted by molar-refractivity contribution is 7.80. The van der Waals surface area contributed by atoms with Gasteiger partial charge in [-0.25, -0.2) is 0 Å². The molecule has 0 aromatic heterocycles. The Morgan fingerprint density at radius 1 is 1.29 bits per heavy atom. The van der Waals surface area contributed by atoms with Crippen molar-refractivity contribution in [3.63, 3.8) is 0 Å². The van der Waals surface area contributed by atoms with Crippen molar-refractivity contribution in [3.05, 3.63) is 24.3 Å². The van der Waals surface area contributed by atoms with Gasteiger partial charge in [0, 0.05) is 0 Å². The van der Waals surface area contributed by atoms with Crippen LogP contribution in [0.5, 0.6) is 5.75 Å². The molecule has 0 unspecified atom stereocenters. The Morgan fingerprint density at radius 2 is 2.00 bits per heavy atom. The van der Waals surface area contributed by atoms with E-state index in [9.17, 15) is 0 Å². The van der Waals surface area contributed by atoms with Gasteiger partial charge in [0.05, 0.1) is 12.3 Å². The second-order valence-electron chi connectivity index (χ2n) is 3.69. The summed E-state index contributed by atoms with van der Waals surface area (Å²) in [5.74, 6) is 0.877. The third-order valence-corrected chi connectivity index (χ3v) is 2.30. The van der Waals surface area contributed by atoms with Crippen molar-refractivity contribution in [1.82, 2.24) is 5.43 Å². The maximum absolute atomic E-state index is 5.59. The van der Waals surface area contributed by atoms with E-state index in [0.717, 1.165) is 24.5 Å². The van der Waals surface area contributed by atoms with Gasteiger partial charge in [0.25, 0.3) is 0 Å². The highest BCUT2D eigenvalue weighted by atomic mass is 32.1. The van der Waals surface area contributed by atoms with E-state index in [1.54, 1.807) is 0 Å². The lowest BCUT2D eigenvalue weighted by atomic mass is 10.2. The topological polar surface area (TPSA) is 59.3 Å². The van der Waals surface area contributed by atoms with E-state index in [0.29, 0.717) is 0 Å². The molecule has 0 amide bonds. The van der Waals surface area contributed by atoms with Gasteiger partial charge >= 0.3 is 0 Å². The smallest absolute Gasteiger partial charge is 0.182 e. The SMILES string of the molecule is CCCCCOc1ccc(NNC(N)=S)cc1. The first kappa shape index (κ1) is 13.6. The summed E-state index contributed by atoms with van der Waals surface area (Å²) in [7, 11) is 0. The maximum atomic E-state index is 5.59. The van der Waals surface area contributed by atoms with Crippen LogP contribution >= 0.6 is 12.2 Å². The Labute approximate surface area is 108 Å². The van der Waals surface area contributed by atoms with Crippen LogP contribution in [-0.4, -0.2) is 11.7 Å². The number of anilines is 1. The molecule has 0 aliphatic heterocycles. The zero-order valence-corrected chi connectivity index (χ0v) is 10.8. The molecule has 0 spiro atoms. The van der Waals surface area contributed by atoms with E-state index in [1.807, 2.05) is 24.3 Å². The molecule has 0 heterocycles. The zero-order chi connectivity index (χ0) is 12.5. The first-order chi connectivity index (χ1) is 8.22. The summed E-state index contributed by atoms with van der Waals surface area (Å²) >= 11 is 4.68. The number of ether oxygens (including phenoxy) is 1. The van der Waals surface area contributed by atoms with Crippen molar-refractivity contribution in [2.24, 2.45) is 5.73 Å². The number of rotatable bonds is 7. The van der Waals surface area contributed by atoms with Crippen molar-refractivity contribution < 1.29 is 4.74 Å². The molecule has 0 saturated heterocycles. The first-order valence-electron chi connectivity index (χ1n) is 5.76. The molecule has 1 aromatic carbocycles. The highest BCUT2D eigenvalue weighted by Crippen LogP contribution is 2.15. The first-order valence-corrected chi connectivity index (χ1v) is 6.17. The van der Waals surface area contributed by atoms with Crippen LogP contribution in [0.1, 0.15) is 26.2 Å². The minimum Gasteiger partial charge on any atom is -0.494 e. The van der Waals surface area contributed by atoms with Crippen molar-refractivity contribution in [2.75, 3.05) is 12.0 Å². The third kappa shape index (κ3) is 5.97. The molecule has 0 atom stereocenters. The predicted octanol–water partition coefficient (Wildman–Crippen LogP) is 2.42. The van der Waals surface area contributed by atoms with E-state index in [4.69, 9.17) is 10.5 Å². The Kier molecular flexibility index (Phi) is 6.17. The van der Waals surface area contributed by atoms with Gasteiger partial charge in [-0.1, -0.05) is 19.8 Å². The second kappa shape index (κ2) is 7.73. The van der Waals surface area contributed by atoms with Crippen LogP contribution in [0.15, 0.2) is 24.3 Å². The van der Waals surface area contributed by atoms with E-state index >= 15 is 0 Å². The average molecular weight is 253 g/mol. The van der Waals surface area contributed by atoms with E-state index in [-0.39, 0.29) is 5.11 Å². The number of unbranched alkanes of at least 4 members (excludes halogenated alkanes) is 2. The molecule has 1 aromatic rings. The molecule has 0 aliphatic carbocycles. The fraction of sp³-hybridized carbons (Fsp3) is 0.417. The largest absolute Gasteiger partial charge is 0.494 e. The van der Waals surface area contributed by atoms with Crippen LogP contribution in [0.4, 0.5) is 5.69 Å². The van der Waals surface area contributed by atoms with Crippen molar-refractivity contribution in [2.45, 2.75) is 26.2 Å². The Balaban J connectivity index is 2.31. The molecule has 0 radical (unpaired) electrons. The molecule has 5 heteroatoms. The number of nitrogens with two attached hydrogens (primary N) is 1. The molecular formula is C12H19N3OS. The van der Waals surface area contributed by atoms with Crippen LogP contribution in [0.2, 0.25) is 0 Å². The van der Waals surface area contributed by atoms with Crippen LogP contribution < -0.4 is 21.3 Å². The van der Waals surface area contributed by atoms with Gasteiger partial charge in [-0.05, 0) is 42.9 Å².